The quantitative estimate of drug-likeness (QED) is 0.583. The highest BCUT2D eigenvalue weighted by atomic mass is 16.5. The SMILES string of the molecule is CC(=O)Nc1cccc(Oc2cc3c(cn2)NC(CC#N)N3c2ccc(O)cc2)c1. The van der Waals surface area contributed by atoms with Crippen LogP contribution in [0.1, 0.15) is 13.3 Å². The monoisotopic (exact) mass is 401 g/mol. The Morgan fingerprint density at radius 1 is 1.30 bits per heavy atom. The normalized spacial score (nSPS) is 14.4. The fraction of sp³-hybridized carbons (Fsp3) is 0.136. The number of pyridine rings is 1. The molecule has 150 valence electrons. The molecule has 2 heterocycles. The second-order valence-electron chi connectivity index (χ2n) is 6.76. The van der Waals surface area contributed by atoms with Crippen LogP contribution in [-0.4, -0.2) is 22.2 Å². The van der Waals surface area contributed by atoms with E-state index in [2.05, 4.69) is 21.7 Å². The van der Waals surface area contributed by atoms with Crippen LogP contribution in [0.3, 0.4) is 0 Å². The number of aromatic hydroxyl groups is 1. The molecule has 30 heavy (non-hydrogen) atoms. The van der Waals surface area contributed by atoms with Crippen molar-refractivity contribution in [2.75, 3.05) is 15.5 Å². The molecule has 8 heteroatoms. The summed E-state index contributed by atoms with van der Waals surface area (Å²) in [6, 6.07) is 17.8. The number of hydrogen-bond acceptors (Lipinski definition) is 7. The molecule has 0 aliphatic carbocycles. The van der Waals surface area contributed by atoms with Gasteiger partial charge in [0.05, 0.1) is 30.1 Å². The van der Waals surface area contributed by atoms with Crippen LogP contribution in [0.4, 0.5) is 22.7 Å². The van der Waals surface area contributed by atoms with Crippen molar-refractivity contribution in [3.05, 3.63) is 60.8 Å². The molecule has 8 nitrogen and oxygen atoms in total. The molecule has 0 fully saturated rings. The molecule has 0 saturated carbocycles. The number of rotatable bonds is 5. The van der Waals surface area contributed by atoms with Gasteiger partial charge >= 0.3 is 0 Å². The van der Waals surface area contributed by atoms with E-state index < -0.39 is 0 Å². The molecule has 0 spiro atoms. The summed E-state index contributed by atoms with van der Waals surface area (Å²) < 4.78 is 5.90. The highest BCUT2D eigenvalue weighted by molar-refractivity contribution is 5.88. The molecular weight excluding hydrogens is 382 g/mol. The maximum Gasteiger partial charge on any atom is 0.221 e. The fourth-order valence-corrected chi connectivity index (χ4v) is 3.33. The fourth-order valence-electron chi connectivity index (χ4n) is 3.33. The van der Waals surface area contributed by atoms with Crippen molar-refractivity contribution in [3.8, 4) is 23.4 Å². The molecule has 1 atom stereocenters. The van der Waals surface area contributed by atoms with Crippen molar-refractivity contribution in [1.82, 2.24) is 4.98 Å². The van der Waals surface area contributed by atoms with E-state index in [-0.39, 0.29) is 24.2 Å². The molecule has 1 aromatic heterocycles. The van der Waals surface area contributed by atoms with Crippen molar-refractivity contribution >= 4 is 28.7 Å². The van der Waals surface area contributed by atoms with Gasteiger partial charge in [-0.25, -0.2) is 4.98 Å². The average Bonchev–Trinajstić information content (AvgIpc) is 3.06. The number of nitrogens with one attached hydrogen (secondary N) is 2. The Balaban J connectivity index is 1.65. The minimum absolute atomic E-state index is 0.165. The molecule has 3 N–H and O–H groups in total. The summed E-state index contributed by atoms with van der Waals surface area (Å²) in [4.78, 5) is 17.6. The maximum absolute atomic E-state index is 11.3. The van der Waals surface area contributed by atoms with Crippen LogP contribution in [-0.2, 0) is 4.79 Å². The van der Waals surface area contributed by atoms with Gasteiger partial charge in [0, 0.05) is 30.4 Å². The van der Waals surface area contributed by atoms with Gasteiger partial charge in [0.15, 0.2) is 0 Å². The molecule has 0 bridgehead atoms. The molecule has 2 aromatic carbocycles. The van der Waals surface area contributed by atoms with Gasteiger partial charge in [0.25, 0.3) is 0 Å². The first-order chi connectivity index (χ1) is 14.5. The number of carbonyl (C=O) groups excluding carboxylic acids is 1. The van der Waals surface area contributed by atoms with Gasteiger partial charge in [0.1, 0.15) is 17.7 Å². The summed E-state index contributed by atoms with van der Waals surface area (Å²) in [5.74, 6) is 0.907. The number of benzene rings is 2. The van der Waals surface area contributed by atoms with E-state index in [0.29, 0.717) is 17.3 Å². The van der Waals surface area contributed by atoms with Crippen LogP contribution in [0.15, 0.2) is 60.8 Å². The lowest BCUT2D eigenvalue weighted by atomic mass is 10.2. The van der Waals surface area contributed by atoms with Crippen LogP contribution in [0, 0.1) is 11.3 Å². The van der Waals surface area contributed by atoms with Gasteiger partial charge in [-0.15, -0.1) is 0 Å². The van der Waals surface area contributed by atoms with E-state index in [9.17, 15) is 15.2 Å². The molecule has 1 unspecified atom stereocenters. The summed E-state index contributed by atoms with van der Waals surface area (Å²) in [6.45, 7) is 1.44. The van der Waals surface area contributed by atoms with Gasteiger partial charge in [-0.3, -0.25) is 4.79 Å². The third-order valence-corrected chi connectivity index (χ3v) is 4.54. The van der Waals surface area contributed by atoms with Gasteiger partial charge in [-0.2, -0.15) is 5.26 Å². The summed E-state index contributed by atoms with van der Waals surface area (Å²) >= 11 is 0. The number of anilines is 4. The molecule has 0 saturated heterocycles. The number of carbonyl (C=O) groups is 1. The lowest BCUT2D eigenvalue weighted by Crippen LogP contribution is -2.31. The molecule has 0 radical (unpaired) electrons. The predicted octanol–water partition coefficient (Wildman–Crippen LogP) is 4.34. The van der Waals surface area contributed by atoms with Crippen molar-refractivity contribution in [2.24, 2.45) is 0 Å². The number of amides is 1. The number of ether oxygens (including phenoxy) is 1. The van der Waals surface area contributed by atoms with Gasteiger partial charge in [-0.05, 0) is 36.4 Å². The van der Waals surface area contributed by atoms with E-state index in [4.69, 9.17) is 4.74 Å². The van der Waals surface area contributed by atoms with Crippen LogP contribution in [0.25, 0.3) is 0 Å². The predicted molar refractivity (Wildman–Crippen MR) is 113 cm³/mol. The summed E-state index contributed by atoms with van der Waals surface area (Å²) in [5.41, 5.74) is 3.04. The van der Waals surface area contributed by atoms with Gasteiger partial charge in [0.2, 0.25) is 11.8 Å². The molecule has 1 aliphatic rings. The third-order valence-electron chi connectivity index (χ3n) is 4.54. The first-order valence-electron chi connectivity index (χ1n) is 9.31. The number of nitriles is 1. The smallest absolute Gasteiger partial charge is 0.221 e. The first kappa shape index (κ1) is 19.1. The zero-order chi connectivity index (χ0) is 21.1. The Hall–Kier alpha value is -4.25. The molecule has 1 aliphatic heterocycles. The molecule has 3 aromatic rings. The van der Waals surface area contributed by atoms with Gasteiger partial charge in [-0.1, -0.05) is 6.07 Å². The van der Waals surface area contributed by atoms with Crippen LogP contribution in [0.2, 0.25) is 0 Å². The third kappa shape index (κ3) is 3.95. The number of aromatic nitrogens is 1. The Bertz CT molecular complexity index is 1120. The highest BCUT2D eigenvalue weighted by Crippen LogP contribution is 2.42. The van der Waals surface area contributed by atoms with E-state index in [1.54, 1.807) is 60.8 Å². The zero-order valence-corrected chi connectivity index (χ0v) is 16.2. The number of nitrogens with zero attached hydrogens (tertiary/aromatic N) is 3. The maximum atomic E-state index is 11.3. The van der Waals surface area contributed by atoms with Crippen molar-refractivity contribution in [3.63, 3.8) is 0 Å². The lowest BCUT2D eigenvalue weighted by Gasteiger charge is -2.25. The Labute approximate surface area is 173 Å². The minimum Gasteiger partial charge on any atom is -0.508 e. The van der Waals surface area contributed by atoms with Gasteiger partial charge < -0.3 is 25.4 Å². The van der Waals surface area contributed by atoms with Crippen molar-refractivity contribution < 1.29 is 14.6 Å². The van der Waals surface area contributed by atoms with Crippen molar-refractivity contribution in [2.45, 2.75) is 19.5 Å². The molecule has 4 rings (SSSR count). The van der Waals surface area contributed by atoms with E-state index in [1.165, 1.54) is 6.92 Å². The average molecular weight is 401 g/mol. The molecule has 1 amide bonds. The van der Waals surface area contributed by atoms with Crippen LogP contribution in [0.5, 0.6) is 17.4 Å². The summed E-state index contributed by atoms with van der Waals surface area (Å²) in [6.07, 6.45) is 1.65. The van der Waals surface area contributed by atoms with Crippen molar-refractivity contribution in [1.29, 1.82) is 5.26 Å². The Kier molecular flexibility index (Phi) is 5.09. The lowest BCUT2D eigenvalue weighted by molar-refractivity contribution is -0.114. The number of hydrogen-bond donors (Lipinski definition) is 3. The second kappa shape index (κ2) is 8.01. The van der Waals surface area contributed by atoms with E-state index in [0.717, 1.165) is 17.1 Å². The van der Waals surface area contributed by atoms with Crippen LogP contribution < -0.4 is 20.3 Å². The highest BCUT2D eigenvalue weighted by Gasteiger charge is 2.30. The number of phenols is 1. The zero-order valence-electron chi connectivity index (χ0n) is 16.2. The van der Waals surface area contributed by atoms with E-state index in [1.807, 2.05) is 4.90 Å². The Morgan fingerprint density at radius 2 is 2.10 bits per heavy atom. The second-order valence-corrected chi connectivity index (χ2v) is 6.76. The summed E-state index contributed by atoms with van der Waals surface area (Å²) in [5, 5.41) is 24.8. The topological polar surface area (TPSA) is 111 Å². The minimum atomic E-state index is -0.269. The number of fused-ring (bicyclic) bond motifs is 1. The van der Waals surface area contributed by atoms with E-state index >= 15 is 0 Å². The largest absolute Gasteiger partial charge is 0.508 e. The molecular formula is C22H19N5O3. The standard InChI is InChI=1S/C22H19N5O3/c1-14(28)25-15-3-2-4-18(11-15)30-22-12-20-19(13-24-22)26-21(9-10-23)27(20)16-5-7-17(29)8-6-16/h2-8,11-13,21,26,29H,9H2,1H3,(H,25,28). The Morgan fingerprint density at radius 3 is 2.83 bits per heavy atom. The first-order valence-corrected chi connectivity index (χ1v) is 9.31. The van der Waals surface area contributed by atoms with Crippen LogP contribution >= 0.6 is 0 Å². The summed E-state index contributed by atoms with van der Waals surface area (Å²) in [7, 11) is 0. The number of phenolic OH excluding ortho intramolecular Hbond substituents is 1.